The summed E-state index contributed by atoms with van der Waals surface area (Å²) >= 11 is 6.08. The molecule has 0 saturated heterocycles. The number of nitrogens with zero attached hydrogens (tertiary/aromatic N) is 2. The van der Waals surface area contributed by atoms with Gasteiger partial charge in [-0.15, -0.1) is 0 Å². The van der Waals surface area contributed by atoms with E-state index in [1.807, 2.05) is 13.0 Å². The van der Waals surface area contributed by atoms with Gasteiger partial charge in [-0.2, -0.15) is 0 Å². The number of likely N-dealkylation sites (N-methyl/N-ethyl adjacent to an activating group) is 1. The van der Waals surface area contributed by atoms with E-state index >= 15 is 0 Å². The number of hydrogen-bond donors (Lipinski definition) is 1. The molecule has 0 aliphatic heterocycles. The monoisotopic (exact) mass is 309 g/mol. The molecule has 6 heteroatoms. The molecule has 1 heterocycles. The maximum absolute atomic E-state index is 13.6. The summed E-state index contributed by atoms with van der Waals surface area (Å²) in [6.45, 7) is 2.72. The van der Waals surface area contributed by atoms with Gasteiger partial charge in [0.1, 0.15) is 12.1 Å². The lowest BCUT2D eigenvalue weighted by atomic mass is 10.0. The number of hydrogen-bond acceptors (Lipinski definition) is 4. The van der Waals surface area contributed by atoms with Crippen LogP contribution in [0, 0.1) is 5.82 Å². The summed E-state index contributed by atoms with van der Waals surface area (Å²) in [6.07, 6.45) is 2.01. The van der Waals surface area contributed by atoms with E-state index in [1.165, 1.54) is 12.4 Å². The molecule has 0 aliphatic rings. The van der Waals surface area contributed by atoms with Crippen LogP contribution in [0.15, 0.2) is 30.6 Å². The Balaban J connectivity index is 2.28. The molecule has 0 amide bonds. The molecule has 1 atom stereocenters. The molecule has 0 radical (unpaired) electrons. The average Bonchev–Trinajstić information content (AvgIpc) is 2.50. The number of halogens is 2. The van der Waals surface area contributed by atoms with Gasteiger partial charge in [0.05, 0.1) is 12.1 Å². The number of nitrogens with one attached hydrogen (secondary N) is 1. The fourth-order valence-electron chi connectivity index (χ4n) is 2.14. The van der Waals surface area contributed by atoms with E-state index in [1.54, 1.807) is 19.2 Å². The lowest BCUT2D eigenvalue weighted by Crippen LogP contribution is -2.24. The largest absolute Gasteiger partial charge is 0.481 e. The van der Waals surface area contributed by atoms with E-state index in [0.29, 0.717) is 12.3 Å². The molecule has 0 bridgehead atoms. The summed E-state index contributed by atoms with van der Waals surface area (Å²) in [7, 11) is 1.55. The van der Waals surface area contributed by atoms with Crippen molar-refractivity contribution in [2.45, 2.75) is 19.4 Å². The first-order valence-electron chi connectivity index (χ1n) is 6.68. The quantitative estimate of drug-likeness (QED) is 0.890. The number of methoxy groups -OCH3 is 1. The van der Waals surface area contributed by atoms with Gasteiger partial charge in [0.15, 0.2) is 0 Å². The first-order chi connectivity index (χ1) is 10.2. The summed E-state index contributed by atoms with van der Waals surface area (Å²) < 4.78 is 18.7. The Morgan fingerprint density at radius 1 is 1.38 bits per heavy atom. The molecule has 21 heavy (non-hydrogen) atoms. The van der Waals surface area contributed by atoms with Crippen LogP contribution in [0.4, 0.5) is 4.39 Å². The van der Waals surface area contributed by atoms with Crippen LogP contribution in [0.3, 0.4) is 0 Å². The molecule has 1 N–H and O–H groups in total. The van der Waals surface area contributed by atoms with Crippen molar-refractivity contribution in [1.29, 1.82) is 0 Å². The molecule has 0 spiro atoms. The molecule has 0 aliphatic carbocycles. The van der Waals surface area contributed by atoms with Crippen molar-refractivity contribution in [1.82, 2.24) is 15.3 Å². The highest BCUT2D eigenvalue weighted by atomic mass is 35.5. The maximum Gasteiger partial charge on any atom is 0.216 e. The van der Waals surface area contributed by atoms with Gasteiger partial charge in [-0.05, 0) is 18.2 Å². The Labute approximate surface area is 128 Å². The molecule has 1 aromatic heterocycles. The SMILES string of the molecule is CCNC(Cc1cc(OC)ncn1)c1cccc(F)c1Cl. The third kappa shape index (κ3) is 3.89. The first kappa shape index (κ1) is 15.7. The Kier molecular flexibility index (Phi) is 5.47. The van der Waals surface area contributed by atoms with Crippen LogP contribution in [-0.4, -0.2) is 23.6 Å². The molecule has 2 aromatic rings. The highest BCUT2D eigenvalue weighted by Crippen LogP contribution is 2.28. The van der Waals surface area contributed by atoms with E-state index in [2.05, 4.69) is 15.3 Å². The second-order valence-corrected chi connectivity index (χ2v) is 4.89. The van der Waals surface area contributed by atoms with Crippen molar-refractivity contribution in [3.63, 3.8) is 0 Å². The third-order valence-electron chi connectivity index (χ3n) is 3.13. The van der Waals surface area contributed by atoms with Crippen LogP contribution in [0.2, 0.25) is 5.02 Å². The maximum atomic E-state index is 13.6. The lowest BCUT2D eigenvalue weighted by molar-refractivity contribution is 0.395. The molecule has 112 valence electrons. The molecule has 0 saturated carbocycles. The Morgan fingerprint density at radius 3 is 2.90 bits per heavy atom. The number of benzene rings is 1. The molecule has 1 unspecified atom stereocenters. The second kappa shape index (κ2) is 7.33. The smallest absolute Gasteiger partial charge is 0.216 e. The zero-order valence-electron chi connectivity index (χ0n) is 11.9. The van der Waals surface area contributed by atoms with Gasteiger partial charge in [-0.3, -0.25) is 0 Å². The van der Waals surface area contributed by atoms with E-state index in [9.17, 15) is 4.39 Å². The zero-order chi connectivity index (χ0) is 15.2. The standard InChI is InChI=1S/C15H17ClFN3O/c1-3-18-13(11-5-4-6-12(17)15(11)16)7-10-8-14(21-2)20-9-19-10/h4-6,8-9,13,18H,3,7H2,1-2H3. The highest BCUT2D eigenvalue weighted by molar-refractivity contribution is 6.31. The molecular weight excluding hydrogens is 293 g/mol. The highest BCUT2D eigenvalue weighted by Gasteiger charge is 2.17. The minimum Gasteiger partial charge on any atom is -0.481 e. The number of ether oxygens (including phenoxy) is 1. The van der Waals surface area contributed by atoms with Gasteiger partial charge < -0.3 is 10.1 Å². The minimum absolute atomic E-state index is 0.127. The summed E-state index contributed by atoms with van der Waals surface area (Å²) in [5.74, 6) is 0.0814. The molecule has 4 nitrogen and oxygen atoms in total. The molecule has 1 aromatic carbocycles. The fourth-order valence-corrected chi connectivity index (χ4v) is 2.40. The van der Waals surface area contributed by atoms with Gasteiger partial charge in [0.2, 0.25) is 5.88 Å². The Morgan fingerprint density at radius 2 is 2.19 bits per heavy atom. The summed E-state index contributed by atoms with van der Waals surface area (Å²) in [4.78, 5) is 8.19. The fraction of sp³-hybridized carbons (Fsp3) is 0.333. The first-order valence-corrected chi connectivity index (χ1v) is 7.05. The van der Waals surface area contributed by atoms with Gasteiger partial charge in [0, 0.05) is 24.2 Å². The van der Waals surface area contributed by atoms with Crippen molar-refractivity contribution < 1.29 is 9.13 Å². The van der Waals surface area contributed by atoms with Gasteiger partial charge >= 0.3 is 0 Å². The van der Waals surface area contributed by atoms with E-state index in [0.717, 1.165) is 17.8 Å². The molecular formula is C15H17ClFN3O. The summed E-state index contributed by atoms with van der Waals surface area (Å²) in [6, 6.07) is 6.46. The van der Waals surface area contributed by atoms with Crippen LogP contribution < -0.4 is 10.1 Å². The summed E-state index contributed by atoms with van der Waals surface area (Å²) in [5.41, 5.74) is 1.52. The average molecular weight is 310 g/mol. The van der Waals surface area contributed by atoms with E-state index < -0.39 is 5.82 Å². The van der Waals surface area contributed by atoms with Crippen LogP contribution in [0.5, 0.6) is 5.88 Å². The van der Waals surface area contributed by atoms with Crippen LogP contribution in [0.25, 0.3) is 0 Å². The van der Waals surface area contributed by atoms with Crippen molar-refractivity contribution in [2.75, 3.05) is 13.7 Å². The molecule has 2 rings (SSSR count). The predicted molar refractivity (Wildman–Crippen MR) is 80.1 cm³/mol. The molecule has 0 fully saturated rings. The van der Waals surface area contributed by atoms with Crippen molar-refractivity contribution >= 4 is 11.6 Å². The minimum atomic E-state index is -0.419. The summed E-state index contributed by atoms with van der Waals surface area (Å²) in [5, 5.41) is 3.44. The zero-order valence-corrected chi connectivity index (χ0v) is 12.7. The Bertz CT molecular complexity index is 609. The van der Waals surface area contributed by atoms with Gasteiger partial charge in [-0.1, -0.05) is 30.7 Å². The number of aromatic nitrogens is 2. The Hall–Kier alpha value is -1.72. The van der Waals surface area contributed by atoms with E-state index in [4.69, 9.17) is 16.3 Å². The van der Waals surface area contributed by atoms with Gasteiger partial charge in [-0.25, -0.2) is 14.4 Å². The predicted octanol–water partition coefficient (Wildman–Crippen LogP) is 3.17. The third-order valence-corrected chi connectivity index (χ3v) is 3.53. The van der Waals surface area contributed by atoms with E-state index in [-0.39, 0.29) is 11.1 Å². The van der Waals surface area contributed by atoms with Crippen LogP contribution >= 0.6 is 11.6 Å². The van der Waals surface area contributed by atoms with Crippen molar-refractivity contribution in [2.24, 2.45) is 0 Å². The van der Waals surface area contributed by atoms with Crippen LogP contribution in [-0.2, 0) is 6.42 Å². The van der Waals surface area contributed by atoms with Crippen LogP contribution in [0.1, 0.15) is 24.2 Å². The second-order valence-electron chi connectivity index (χ2n) is 4.51. The topological polar surface area (TPSA) is 47.0 Å². The van der Waals surface area contributed by atoms with Crippen molar-refractivity contribution in [3.05, 3.63) is 52.7 Å². The lowest BCUT2D eigenvalue weighted by Gasteiger charge is -2.19. The van der Waals surface area contributed by atoms with Gasteiger partial charge in [0.25, 0.3) is 0 Å². The normalized spacial score (nSPS) is 12.2. The van der Waals surface area contributed by atoms with Crippen molar-refractivity contribution in [3.8, 4) is 5.88 Å². The number of rotatable bonds is 6.